The molecule has 1 aliphatic rings. The van der Waals surface area contributed by atoms with Crippen molar-refractivity contribution in [2.24, 2.45) is 0 Å². The van der Waals surface area contributed by atoms with Crippen LogP contribution in [0.3, 0.4) is 0 Å². The minimum Gasteiger partial charge on any atom is -0.365 e. The van der Waals surface area contributed by atoms with E-state index in [1.165, 1.54) is 12.8 Å². The first-order valence-electron chi connectivity index (χ1n) is 6.15. The van der Waals surface area contributed by atoms with Crippen molar-refractivity contribution in [2.75, 3.05) is 10.6 Å². The molecule has 0 bridgehead atoms. The van der Waals surface area contributed by atoms with Crippen LogP contribution in [0.1, 0.15) is 12.8 Å². The molecule has 3 aromatic rings. The number of anilines is 3. The Bertz CT molecular complexity index is 700. The summed E-state index contributed by atoms with van der Waals surface area (Å²) in [4.78, 5) is 16.2. The van der Waals surface area contributed by atoms with E-state index in [2.05, 4.69) is 30.6 Å². The molecule has 96 valence electrons. The molecule has 6 nitrogen and oxygen atoms in total. The summed E-state index contributed by atoms with van der Waals surface area (Å²) in [7, 11) is 0. The fourth-order valence-corrected chi connectivity index (χ4v) is 2.47. The van der Waals surface area contributed by atoms with E-state index in [4.69, 9.17) is 0 Å². The fraction of sp³-hybridized carbons (Fsp3) is 0.250. The van der Waals surface area contributed by atoms with Gasteiger partial charge in [0.1, 0.15) is 5.52 Å². The van der Waals surface area contributed by atoms with Crippen LogP contribution in [0.4, 0.5) is 17.5 Å². The summed E-state index contributed by atoms with van der Waals surface area (Å²) in [5.74, 6) is 1.39. The van der Waals surface area contributed by atoms with E-state index in [0.717, 1.165) is 17.0 Å². The summed E-state index contributed by atoms with van der Waals surface area (Å²) in [6, 6.07) is 2.53. The average Bonchev–Trinajstić information content (AvgIpc) is 2.91. The minimum atomic E-state index is 0.537. The van der Waals surface area contributed by atoms with Gasteiger partial charge in [0.15, 0.2) is 11.5 Å². The van der Waals surface area contributed by atoms with Gasteiger partial charge in [-0.25, -0.2) is 4.98 Å². The van der Waals surface area contributed by atoms with Crippen LogP contribution in [-0.4, -0.2) is 26.0 Å². The lowest BCUT2D eigenvalue weighted by molar-refractivity contribution is 1.10. The first kappa shape index (κ1) is 10.7. The predicted molar refractivity (Wildman–Crippen MR) is 75.9 cm³/mol. The van der Waals surface area contributed by atoms with E-state index in [1.54, 1.807) is 17.7 Å². The number of fused-ring (bicyclic) bond motifs is 1. The molecule has 0 aromatic carbocycles. The quantitative estimate of drug-likeness (QED) is 0.680. The lowest BCUT2D eigenvalue weighted by Crippen LogP contribution is -2.06. The third-order valence-corrected chi connectivity index (χ3v) is 3.66. The Hall–Kier alpha value is -2.15. The van der Waals surface area contributed by atoms with Crippen molar-refractivity contribution in [1.82, 2.24) is 19.9 Å². The van der Waals surface area contributed by atoms with Crippen molar-refractivity contribution < 1.29 is 0 Å². The maximum absolute atomic E-state index is 4.53. The summed E-state index contributed by atoms with van der Waals surface area (Å²) in [6.45, 7) is 0. The summed E-state index contributed by atoms with van der Waals surface area (Å²) < 4.78 is 0. The van der Waals surface area contributed by atoms with Crippen molar-refractivity contribution in [3.63, 3.8) is 0 Å². The van der Waals surface area contributed by atoms with Crippen LogP contribution in [0.2, 0.25) is 0 Å². The van der Waals surface area contributed by atoms with Crippen LogP contribution in [0.25, 0.3) is 11.2 Å². The largest absolute Gasteiger partial charge is 0.365 e. The summed E-state index contributed by atoms with van der Waals surface area (Å²) in [5, 5.41) is 10.6. The summed E-state index contributed by atoms with van der Waals surface area (Å²) in [5.41, 5.74) is 2.54. The van der Waals surface area contributed by atoms with Crippen LogP contribution < -0.4 is 10.6 Å². The van der Waals surface area contributed by atoms with Crippen molar-refractivity contribution >= 4 is 40.0 Å². The lowest BCUT2D eigenvalue weighted by Gasteiger charge is -2.07. The maximum atomic E-state index is 4.53. The van der Waals surface area contributed by atoms with Crippen LogP contribution in [0.5, 0.6) is 0 Å². The summed E-state index contributed by atoms with van der Waals surface area (Å²) >= 11 is 1.63. The molecule has 0 unspecified atom stereocenters. The molecule has 0 saturated heterocycles. The first-order chi connectivity index (χ1) is 9.38. The van der Waals surface area contributed by atoms with Gasteiger partial charge >= 0.3 is 0 Å². The molecule has 3 N–H and O–H groups in total. The van der Waals surface area contributed by atoms with Crippen LogP contribution in [-0.2, 0) is 0 Å². The molecular formula is C12H12N6S. The second-order valence-electron chi connectivity index (χ2n) is 4.55. The number of H-pyrrole nitrogens is 1. The van der Waals surface area contributed by atoms with E-state index in [0.29, 0.717) is 17.6 Å². The number of hydrogen-bond acceptors (Lipinski definition) is 6. The fourth-order valence-electron chi connectivity index (χ4n) is 1.88. The van der Waals surface area contributed by atoms with Gasteiger partial charge in [-0.15, -0.1) is 0 Å². The molecular weight excluding hydrogens is 260 g/mol. The molecule has 3 heterocycles. The lowest BCUT2D eigenvalue weighted by atomic mass is 10.4. The zero-order chi connectivity index (χ0) is 12.7. The zero-order valence-corrected chi connectivity index (χ0v) is 10.9. The second kappa shape index (κ2) is 4.20. The smallest absolute Gasteiger partial charge is 0.231 e. The number of aromatic nitrogens is 4. The molecule has 19 heavy (non-hydrogen) atoms. The third kappa shape index (κ3) is 2.12. The molecule has 0 atom stereocenters. The van der Waals surface area contributed by atoms with Crippen molar-refractivity contribution in [2.45, 2.75) is 18.9 Å². The molecule has 7 heteroatoms. The van der Waals surface area contributed by atoms with Crippen molar-refractivity contribution in [3.8, 4) is 0 Å². The van der Waals surface area contributed by atoms with E-state index >= 15 is 0 Å². The van der Waals surface area contributed by atoms with Crippen molar-refractivity contribution in [1.29, 1.82) is 0 Å². The Morgan fingerprint density at radius 3 is 3.05 bits per heavy atom. The summed E-state index contributed by atoms with van der Waals surface area (Å²) in [6.07, 6.45) is 4.05. The Morgan fingerprint density at radius 1 is 1.32 bits per heavy atom. The van der Waals surface area contributed by atoms with Gasteiger partial charge in [-0.2, -0.15) is 21.3 Å². The molecule has 0 amide bonds. The Kier molecular flexibility index (Phi) is 2.37. The monoisotopic (exact) mass is 272 g/mol. The molecule has 0 radical (unpaired) electrons. The molecule has 1 aliphatic carbocycles. The number of nitrogens with one attached hydrogen (secondary N) is 3. The highest BCUT2D eigenvalue weighted by Crippen LogP contribution is 2.28. The third-order valence-electron chi connectivity index (χ3n) is 2.98. The Morgan fingerprint density at radius 2 is 2.26 bits per heavy atom. The van der Waals surface area contributed by atoms with Crippen molar-refractivity contribution in [3.05, 3.63) is 23.2 Å². The van der Waals surface area contributed by atoms with Gasteiger partial charge in [0.2, 0.25) is 5.95 Å². The number of nitrogens with zero attached hydrogens (tertiary/aromatic N) is 3. The highest BCUT2D eigenvalue weighted by atomic mass is 32.1. The zero-order valence-electron chi connectivity index (χ0n) is 10.1. The van der Waals surface area contributed by atoms with E-state index < -0.39 is 0 Å². The van der Waals surface area contributed by atoms with Gasteiger partial charge in [0.05, 0.1) is 12.0 Å². The topological polar surface area (TPSA) is 78.5 Å². The number of aromatic amines is 1. The standard InChI is InChI=1S/C12H12N6S/c1-2-7(1)15-11-9-10(14-6-13-9)17-12(18-11)16-8-3-4-19-5-8/h3-7H,1-2H2,(H3,13,14,15,16,17,18). The molecule has 4 rings (SSSR count). The normalized spacial score (nSPS) is 14.7. The minimum absolute atomic E-state index is 0.537. The van der Waals surface area contributed by atoms with E-state index in [1.807, 2.05) is 16.8 Å². The second-order valence-corrected chi connectivity index (χ2v) is 5.33. The molecule has 3 aromatic heterocycles. The highest BCUT2D eigenvalue weighted by molar-refractivity contribution is 7.08. The van der Waals surface area contributed by atoms with Gasteiger partial charge in [0.25, 0.3) is 0 Å². The van der Waals surface area contributed by atoms with Gasteiger partial charge in [0, 0.05) is 11.4 Å². The van der Waals surface area contributed by atoms with Gasteiger partial charge < -0.3 is 15.6 Å². The van der Waals surface area contributed by atoms with Gasteiger partial charge in [-0.1, -0.05) is 0 Å². The average molecular weight is 272 g/mol. The highest BCUT2D eigenvalue weighted by Gasteiger charge is 2.23. The molecule has 0 aliphatic heterocycles. The number of thiophene rings is 1. The van der Waals surface area contributed by atoms with Crippen LogP contribution in [0.15, 0.2) is 23.2 Å². The van der Waals surface area contributed by atoms with E-state index in [-0.39, 0.29) is 0 Å². The molecule has 1 saturated carbocycles. The first-order valence-corrected chi connectivity index (χ1v) is 7.09. The van der Waals surface area contributed by atoms with Gasteiger partial charge in [-0.3, -0.25) is 0 Å². The van der Waals surface area contributed by atoms with Gasteiger partial charge in [-0.05, 0) is 24.3 Å². The van der Waals surface area contributed by atoms with E-state index in [9.17, 15) is 0 Å². The predicted octanol–water partition coefficient (Wildman–Crippen LogP) is 2.73. The molecule has 1 fully saturated rings. The SMILES string of the molecule is c1nc2nc(Nc3ccsc3)nc(NC3CC3)c2[nH]1. The number of rotatable bonds is 4. The number of hydrogen-bond donors (Lipinski definition) is 3. The molecule has 0 spiro atoms. The number of imidazole rings is 1. The Balaban J connectivity index is 1.73. The Labute approximate surface area is 113 Å². The maximum Gasteiger partial charge on any atom is 0.231 e. The van der Waals surface area contributed by atoms with Crippen LogP contribution >= 0.6 is 11.3 Å². The van der Waals surface area contributed by atoms with Crippen LogP contribution in [0, 0.1) is 0 Å².